The predicted octanol–water partition coefficient (Wildman–Crippen LogP) is 3.64. The van der Waals surface area contributed by atoms with Crippen LogP contribution < -0.4 is 0 Å². The lowest BCUT2D eigenvalue weighted by atomic mass is 10.2. The molecular formula is C11H13N3S2. The van der Waals surface area contributed by atoms with E-state index in [0.717, 1.165) is 10.6 Å². The first-order chi connectivity index (χ1) is 7.59. The third-order valence-corrected chi connectivity index (χ3v) is 4.37. The average Bonchev–Trinajstić information content (AvgIpc) is 2.68. The first-order valence-corrected chi connectivity index (χ1v) is 6.59. The minimum Gasteiger partial charge on any atom is -0.296 e. The molecule has 1 fully saturated rings. The van der Waals surface area contributed by atoms with Crippen LogP contribution in [-0.4, -0.2) is 14.8 Å². The van der Waals surface area contributed by atoms with Crippen LogP contribution in [0, 0.1) is 10.2 Å². The van der Waals surface area contributed by atoms with Gasteiger partial charge in [-0.2, -0.15) is 5.10 Å². The SMILES string of the molecule is CC1(C)CC1n1c(-c2cccs2)n[nH]c1=S. The fraction of sp³-hybridized carbons (Fsp3) is 0.455. The lowest BCUT2D eigenvalue weighted by Crippen LogP contribution is -2.02. The number of thiophene rings is 1. The zero-order valence-electron chi connectivity index (χ0n) is 9.23. The number of hydrogen-bond donors (Lipinski definition) is 1. The van der Waals surface area contributed by atoms with Gasteiger partial charge in [-0.3, -0.25) is 9.67 Å². The lowest BCUT2D eigenvalue weighted by Gasteiger charge is -2.07. The Morgan fingerprint density at radius 1 is 1.62 bits per heavy atom. The molecule has 0 bridgehead atoms. The van der Waals surface area contributed by atoms with E-state index in [9.17, 15) is 0 Å². The summed E-state index contributed by atoms with van der Waals surface area (Å²) in [4.78, 5) is 1.18. The van der Waals surface area contributed by atoms with Crippen LogP contribution in [0.4, 0.5) is 0 Å². The van der Waals surface area contributed by atoms with E-state index < -0.39 is 0 Å². The van der Waals surface area contributed by atoms with Crippen molar-refractivity contribution in [3.63, 3.8) is 0 Å². The Hall–Kier alpha value is -0.940. The molecule has 84 valence electrons. The van der Waals surface area contributed by atoms with Crippen molar-refractivity contribution >= 4 is 23.6 Å². The van der Waals surface area contributed by atoms with E-state index in [1.54, 1.807) is 11.3 Å². The number of aromatic nitrogens is 3. The molecular weight excluding hydrogens is 238 g/mol. The van der Waals surface area contributed by atoms with Crippen molar-refractivity contribution in [2.24, 2.45) is 5.41 Å². The van der Waals surface area contributed by atoms with Gasteiger partial charge >= 0.3 is 0 Å². The second kappa shape index (κ2) is 3.28. The highest BCUT2D eigenvalue weighted by atomic mass is 32.1. The monoisotopic (exact) mass is 251 g/mol. The second-order valence-corrected chi connectivity index (χ2v) is 6.24. The van der Waals surface area contributed by atoms with Crippen LogP contribution in [0.5, 0.6) is 0 Å². The van der Waals surface area contributed by atoms with Gasteiger partial charge in [0.2, 0.25) is 0 Å². The molecule has 5 heteroatoms. The summed E-state index contributed by atoms with van der Waals surface area (Å²) in [6.45, 7) is 4.54. The fourth-order valence-electron chi connectivity index (χ4n) is 2.05. The van der Waals surface area contributed by atoms with Crippen molar-refractivity contribution in [3.8, 4) is 10.7 Å². The molecule has 1 aliphatic carbocycles. The van der Waals surface area contributed by atoms with Gasteiger partial charge in [-0.25, -0.2) is 0 Å². The minimum absolute atomic E-state index is 0.355. The summed E-state index contributed by atoms with van der Waals surface area (Å²) >= 11 is 7.01. The first-order valence-electron chi connectivity index (χ1n) is 5.30. The Bertz CT molecular complexity index is 562. The third kappa shape index (κ3) is 1.46. The number of hydrogen-bond acceptors (Lipinski definition) is 3. The van der Waals surface area contributed by atoms with E-state index in [4.69, 9.17) is 12.2 Å². The summed E-state index contributed by atoms with van der Waals surface area (Å²) in [5, 5.41) is 9.31. The quantitative estimate of drug-likeness (QED) is 0.827. The maximum atomic E-state index is 5.32. The van der Waals surface area contributed by atoms with E-state index in [2.05, 4.69) is 40.1 Å². The molecule has 1 atom stereocenters. The Morgan fingerprint density at radius 2 is 2.38 bits per heavy atom. The molecule has 2 heterocycles. The molecule has 2 aromatic heterocycles. The second-order valence-electron chi connectivity index (χ2n) is 4.91. The maximum Gasteiger partial charge on any atom is 0.195 e. The van der Waals surface area contributed by atoms with Gasteiger partial charge in [0.15, 0.2) is 10.6 Å². The summed E-state index contributed by atoms with van der Waals surface area (Å²) in [7, 11) is 0. The topological polar surface area (TPSA) is 33.6 Å². The average molecular weight is 251 g/mol. The van der Waals surface area contributed by atoms with Crippen molar-refractivity contribution in [2.45, 2.75) is 26.3 Å². The Balaban J connectivity index is 2.12. The lowest BCUT2D eigenvalue weighted by molar-refractivity contribution is 0.540. The van der Waals surface area contributed by atoms with Gasteiger partial charge in [-0.1, -0.05) is 19.9 Å². The van der Waals surface area contributed by atoms with E-state index in [1.165, 1.54) is 11.3 Å². The number of nitrogens with zero attached hydrogens (tertiary/aromatic N) is 2. The summed E-state index contributed by atoms with van der Waals surface area (Å²) in [5.74, 6) is 0.982. The molecule has 0 radical (unpaired) electrons. The molecule has 2 aromatic rings. The highest BCUT2D eigenvalue weighted by Gasteiger charge is 2.48. The van der Waals surface area contributed by atoms with Crippen LogP contribution in [0.25, 0.3) is 10.7 Å². The number of aromatic amines is 1. The number of H-pyrrole nitrogens is 1. The van der Waals surface area contributed by atoms with Crippen LogP contribution >= 0.6 is 23.6 Å². The summed E-state index contributed by atoms with van der Waals surface area (Å²) < 4.78 is 2.90. The summed E-state index contributed by atoms with van der Waals surface area (Å²) in [6, 6.07) is 4.62. The van der Waals surface area contributed by atoms with E-state index >= 15 is 0 Å². The fourth-order valence-corrected chi connectivity index (χ4v) is 3.02. The molecule has 1 N–H and O–H groups in total. The van der Waals surface area contributed by atoms with Gasteiger partial charge in [-0.15, -0.1) is 11.3 Å². The van der Waals surface area contributed by atoms with Crippen molar-refractivity contribution < 1.29 is 0 Å². The Morgan fingerprint density at radius 3 is 2.94 bits per heavy atom. The van der Waals surface area contributed by atoms with Gasteiger partial charge in [0.05, 0.1) is 4.88 Å². The zero-order valence-corrected chi connectivity index (χ0v) is 10.9. The van der Waals surface area contributed by atoms with Gasteiger partial charge in [0.1, 0.15) is 0 Å². The first kappa shape index (κ1) is 10.2. The predicted molar refractivity (Wildman–Crippen MR) is 68.2 cm³/mol. The molecule has 0 aromatic carbocycles. The van der Waals surface area contributed by atoms with Gasteiger partial charge in [-0.05, 0) is 35.5 Å². The molecule has 1 unspecified atom stereocenters. The molecule has 3 rings (SSSR count). The molecule has 0 saturated heterocycles. The smallest absolute Gasteiger partial charge is 0.195 e. The van der Waals surface area contributed by atoms with E-state index in [-0.39, 0.29) is 0 Å². The van der Waals surface area contributed by atoms with E-state index in [1.807, 2.05) is 6.07 Å². The minimum atomic E-state index is 0.355. The molecule has 1 saturated carbocycles. The summed E-state index contributed by atoms with van der Waals surface area (Å²) in [6.07, 6.45) is 1.18. The van der Waals surface area contributed by atoms with Crippen LogP contribution in [0.3, 0.4) is 0 Å². The molecule has 16 heavy (non-hydrogen) atoms. The number of rotatable bonds is 2. The maximum absolute atomic E-state index is 5.32. The normalized spacial score (nSPS) is 22.2. The Labute approximate surface area is 103 Å². The molecule has 1 aliphatic rings. The van der Waals surface area contributed by atoms with Crippen LogP contribution in [0.2, 0.25) is 0 Å². The molecule has 0 spiro atoms. The van der Waals surface area contributed by atoms with Gasteiger partial charge < -0.3 is 0 Å². The number of nitrogens with one attached hydrogen (secondary N) is 1. The molecule has 0 aliphatic heterocycles. The van der Waals surface area contributed by atoms with Gasteiger partial charge in [0, 0.05) is 6.04 Å². The van der Waals surface area contributed by atoms with Crippen LogP contribution in [0.1, 0.15) is 26.3 Å². The molecule has 3 nitrogen and oxygen atoms in total. The standard InChI is InChI=1S/C11H13N3S2/c1-11(2)6-8(11)14-9(12-13-10(14)15)7-4-3-5-16-7/h3-5,8H,6H2,1-2H3,(H,13,15). The third-order valence-electron chi connectivity index (χ3n) is 3.22. The highest BCUT2D eigenvalue weighted by molar-refractivity contribution is 7.71. The molecule has 0 amide bonds. The van der Waals surface area contributed by atoms with Crippen LogP contribution in [-0.2, 0) is 0 Å². The summed E-state index contributed by atoms with van der Waals surface area (Å²) in [5.41, 5.74) is 0.355. The zero-order chi connectivity index (χ0) is 11.3. The van der Waals surface area contributed by atoms with Crippen molar-refractivity contribution in [2.75, 3.05) is 0 Å². The van der Waals surface area contributed by atoms with Crippen molar-refractivity contribution in [1.29, 1.82) is 0 Å². The van der Waals surface area contributed by atoms with Gasteiger partial charge in [0.25, 0.3) is 0 Å². The Kier molecular flexibility index (Phi) is 2.09. The van der Waals surface area contributed by atoms with Crippen molar-refractivity contribution in [3.05, 3.63) is 22.3 Å². The highest BCUT2D eigenvalue weighted by Crippen LogP contribution is 2.56. The van der Waals surface area contributed by atoms with E-state index in [0.29, 0.717) is 11.5 Å². The largest absolute Gasteiger partial charge is 0.296 e. The van der Waals surface area contributed by atoms with Crippen LogP contribution in [0.15, 0.2) is 17.5 Å². The van der Waals surface area contributed by atoms with Crippen molar-refractivity contribution in [1.82, 2.24) is 14.8 Å².